The highest BCUT2D eigenvalue weighted by molar-refractivity contribution is 9.11. The average molecular weight is 562 g/mol. The van der Waals surface area contributed by atoms with Gasteiger partial charge in [-0.15, -0.1) is 0 Å². The Morgan fingerprint density at radius 2 is 1.59 bits per heavy atom. The third-order valence-electron chi connectivity index (χ3n) is 4.51. The highest BCUT2D eigenvalue weighted by Gasteiger charge is 2.16. The van der Waals surface area contributed by atoms with Crippen LogP contribution in [0.15, 0.2) is 75.7 Å². The first-order valence-electron chi connectivity index (χ1n) is 9.83. The van der Waals surface area contributed by atoms with Crippen LogP contribution in [0.5, 0.6) is 11.5 Å². The maximum atomic E-state index is 12.3. The van der Waals surface area contributed by atoms with E-state index in [2.05, 4.69) is 42.7 Å². The van der Waals surface area contributed by atoms with Crippen LogP contribution in [0.4, 0.5) is 0 Å². The van der Waals surface area contributed by atoms with Gasteiger partial charge in [-0.25, -0.2) is 0 Å². The molecule has 0 spiro atoms. The fraction of sp³-hybridized carbons (Fsp3) is 0.167. The maximum absolute atomic E-state index is 12.3. The minimum absolute atomic E-state index is 0.252. The van der Waals surface area contributed by atoms with E-state index >= 15 is 0 Å². The van der Waals surface area contributed by atoms with Crippen molar-refractivity contribution in [3.8, 4) is 22.6 Å². The lowest BCUT2D eigenvalue weighted by Gasteiger charge is -2.16. The van der Waals surface area contributed by atoms with Gasteiger partial charge in [-0.2, -0.15) is 0 Å². The minimum atomic E-state index is -0.804. The molecule has 0 aliphatic heterocycles. The second-order valence-electron chi connectivity index (χ2n) is 7.01. The van der Waals surface area contributed by atoms with Crippen molar-refractivity contribution in [2.75, 3.05) is 6.61 Å². The van der Waals surface area contributed by atoms with Gasteiger partial charge in [-0.1, -0.05) is 58.4 Å². The largest absolute Gasteiger partial charge is 0.482 e. The maximum Gasteiger partial charge on any atom is 0.279 e. The standard InChI is InChI=1S/C24H22Br2N2O4/c1-15-12-19(25)13-21(26)23(15)31-14-22(29)27-28-24(30)16(2)32-20-10-8-18(9-11-20)17-6-4-3-5-7-17/h3-13,16H,14H2,1-2H3,(H,27,29)(H,28,30). The number of carbonyl (C=O) groups is 2. The number of hydrogen-bond acceptors (Lipinski definition) is 4. The van der Waals surface area contributed by atoms with Gasteiger partial charge in [0.2, 0.25) is 0 Å². The number of ether oxygens (including phenoxy) is 2. The van der Waals surface area contributed by atoms with Crippen LogP contribution in [0.2, 0.25) is 0 Å². The lowest BCUT2D eigenvalue weighted by Crippen LogP contribution is -2.48. The van der Waals surface area contributed by atoms with Gasteiger partial charge in [-0.3, -0.25) is 20.4 Å². The van der Waals surface area contributed by atoms with E-state index in [1.165, 1.54) is 0 Å². The second-order valence-corrected chi connectivity index (χ2v) is 8.78. The number of hydrogen-bond donors (Lipinski definition) is 2. The molecule has 166 valence electrons. The number of benzene rings is 3. The van der Waals surface area contributed by atoms with Gasteiger partial charge >= 0.3 is 0 Å². The lowest BCUT2D eigenvalue weighted by molar-refractivity contribution is -0.133. The van der Waals surface area contributed by atoms with E-state index in [1.807, 2.05) is 61.5 Å². The molecule has 0 saturated heterocycles. The molecule has 2 amide bonds. The molecule has 0 heterocycles. The van der Waals surface area contributed by atoms with Crippen LogP contribution in [0.3, 0.4) is 0 Å². The van der Waals surface area contributed by atoms with Crippen molar-refractivity contribution in [3.63, 3.8) is 0 Å². The third-order valence-corrected chi connectivity index (χ3v) is 5.56. The molecule has 0 radical (unpaired) electrons. The fourth-order valence-electron chi connectivity index (χ4n) is 2.89. The number of rotatable bonds is 7. The third kappa shape index (κ3) is 6.58. The summed E-state index contributed by atoms with van der Waals surface area (Å²) >= 11 is 6.80. The van der Waals surface area contributed by atoms with E-state index in [9.17, 15) is 9.59 Å². The summed E-state index contributed by atoms with van der Waals surface area (Å²) in [6.45, 7) is 3.22. The smallest absolute Gasteiger partial charge is 0.279 e. The highest BCUT2D eigenvalue weighted by Crippen LogP contribution is 2.32. The van der Waals surface area contributed by atoms with E-state index in [0.717, 1.165) is 25.6 Å². The second kappa shape index (κ2) is 11.2. The zero-order chi connectivity index (χ0) is 23.1. The number of nitrogens with one attached hydrogen (secondary N) is 2. The Bertz CT molecular complexity index is 1070. The molecule has 1 atom stereocenters. The number of halogens is 2. The average Bonchev–Trinajstić information content (AvgIpc) is 2.77. The van der Waals surface area contributed by atoms with Crippen molar-refractivity contribution in [2.24, 2.45) is 0 Å². The van der Waals surface area contributed by atoms with Crippen LogP contribution in [0.1, 0.15) is 12.5 Å². The molecule has 3 aromatic carbocycles. The summed E-state index contributed by atoms with van der Waals surface area (Å²) in [6, 6.07) is 21.1. The summed E-state index contributed by atoms with van der Waals surface area (Å²) in [4.78, 5) is 24.3. The molecule has 0 aromatic heterocycles. The molecule has 1 unspecified atom stereocenters. The van der Waals surface area contributed by atoms with Crippen molar-refractivity contribution < 1.29 is 19.1 Å². The summed E-state index contributed by atoms with van der Waals surface area (Å²) in [5.74, 6) is 0.140. The Balaban J connectivity index is 1.46. The number of carbonyl (C=O) groups excluding carboxylic acids is 2. The van der Waals surface area contributed by atoms with Gasteiger partial charge in [0.25, 0.3) is 11.8 Å². The first kappa shape index (κ1) is 23.8. The van der Waals surface area contributed by atoms with E-state index in [-0.39, 0.29) is 6.61 Å². The summed E-state index contributed by atoms with van der Waals surface area (Å²) in [7, 11) is 0. The quantitative estimate of drug-likeness (QED) is 0.390. The Morgan fingerprint density at radius 3 is 2.25 bits per heavy atom. The number of aryl methyl sites for hydroxylation is 1. The van der Waals surface area contributed by atoms with E-state index in [1.54, 1.807) is 19.1 Å². The Hall–Kier alpha value is -2.84. The zero-order valence-electron chi connectivity index (χ0n) is 17.5. The lowest BCUT2D eigenvalue weighted by atomic mass is 10.1. The summed E-state index contributed by atoms with van der Waals surface area (Å²) in [5.41, 5.74) is 7.70. The van der Waals surface area contributed by atoms with Crippen LogP contribution >= 0.6 is 31.9 Å². The first-order valence-corrected chi connectivity index (χ1v) is 11.4. The van der Waals surface area contributed by atoms with Crippen LogP contribution in [0, 0.1) is 6.92 Å². The Kier molecular flexibility index (Phi) is 8.30. The van der Waals surface area contributed by atoms with Crippen molar-refractivity contribution in [2.45, 2.75) is 20.0 Å². The molecule has 2 N–H and O–H groups in total. The van der Waals surface area contributed by atoms with Gasteiger partial charge < -0.3 is 9.47 Å². The van der Waals surface area contributed by atoms with Gasteiger partial charge in [0.15, 0.2) is 12.7 Å². The van der Waals surface area contributed by atoms with Crippen LogP contribution in [-0.4, -0.2) is 24.5 Å². The van der Waals surface area contributed by atoms with Crippen LogP contribution in [-0.2, 0) is 9.59 Å². The van der Waals surface area contributed by atoms with Gasteiger partial charge in [0.1, 0.15) is 11.5 Å². The number of hydrazine groups is 1. The monoisotopic (exact) mass is 560 g/mol. The summed E-state index contributed by atoms with van der Waals surface area (Å²) in [6.07, 6.45) is -0.804. The van der Waals surface area contributed by atoms with E-state index < -0.39 is 17.9 Å². The molecular formula is C24H22Br2N2O4. The highest BCUT2D eigenvalue weighted by atomic mass is 79.9. The topological polar surface area (TPSA) is 76.7 Å². The van der Waals surface area contributed by atoms with Gasteiger partial charge in [-0.05, 0) is 70.7 Å². The molecule has 3 aromatic rings. The molecule has 32 heavy (non-hydrogen) atoms. The molecule has 3 rings (SSSR count). The SMILES string of the molecule is Cc1cc(Br)cc(Br)c1OCC(=O)NNC(=O)C(C)Oc1ccc(-c2ccccc2)cc1. The molecule has 0 fully saturated rings. The van der Waals surface area contributed by atoms with Crippen molar-refractivity contribution in [3.05, 3.63) is 81.2 Å². The molecule has 6 nitrogen and oxygen atoms in total. The number of amides is 2. The molecule has 0 bridgehead atoms. The van der Waals surface area contributed by atoms with Crippen LogP contribution in [0.25, 0.3) is 11.1 Å². The first-order chi connectivity index (χ1) is 15.3. The molecular weight excluding hydrogens is 540 g/mol. The van der Waals surface area contributed by atoms with Gasteiger partial charge in [0, 0.05) is 4.47 Å². The predicted molar refractivity (Wildman–Crippen MR) is 130 cm³/mol. The summed E-state index contributed by atoms with van der Waals surface area (Å²) in [5, 5.41) is 0. The Morgan fingerprint density at radius 1 is 0.938 bits per heavy atom. The van der Waals surface area contributed by atoms with Crippen molar-refractivity contribution in [1.29, 1.82) is 0 Å². The van der Waals surface area contributed by atoms with Gasteiger partial charge in [0.05, 0.1) is 4.47 Å². The Labute approximate surface area is 203 Å². The zero-order valence-corrected chi connectivity index (χ0v) is 20.7. The van der Waals surface area contributed by atoms with E-state index in [4.69, 9.17) is 9.47 Å². The molecule has 0 aliphatic rings. The molecule has 0 saturated carbocycles. The van der Waals surface area contributed by atoms with E-state index in [0.29, 0.717) is 11.5 Å². The minimum Gasteiger partial charge on any atom is -0.482 e. The summed E-state index contributed by atoms with van der Waals surface area (Å²) < 4.78 is 12.8. The van der Waals surface area contributed by atoms with Crippen molar-refractivity contribution in [1.82, 2.24) is 10.9 Å². The predicted octanol–water partition coefficient (Wildman–Crippen LogP) is 5.18. The fourth-order valence-corrected chi connectivity index (χ4v) is 4.45. The van der Waals surface area contributed by atoms with Crippen LogP contribution < -0.4 is 20.3 Å². The molecule has 0 aliphatic carbocycles. The molecule has 8 heteroatoms. The normalized spacial score (nSPS) is 11.4. The van der Waals surface area contributed by atoms with Crippen molar-refractivity contribution >= 4 is 43.7 Å².